The molecule has 1 fully saturated rings. The van der Waals surface area contributed by atoms with E-state index in [1.807, 2.05) is 0 Å². The Morgan fingerprint density at radius 2 is 2.31 bits per heavy atom. The summed E-state index contributed by atoms with van der Waals surface area (Å²) in [5.41, 5.74) is 0. The number of aryl methyl sites for hydroxylation is 1. The highest BCUT2D eigenvalue weighted by molar-refractivity contribution is 7.93. The minimum atomic E-state index is -3.33. The summed E-state index contributed by atoms with van der Waals surface area (Å²) in [6.45, 7) is 3.19. The first-order valence-electron chi connectivity index (χ1n) is 5.10. The van der Waals surface area contributed by atoms with E-state index in [4.69, 9.17) is 0 Å². The smallest absolute Gasteiger partial charge is 0.238 e. The maximum Gasteiger partial charge on any atom is 0.238 e. The van der Waals surface area contributed by atoms with Crippen LogP contribution in [-0.2, 0) is 10.0 Å². The molecular weight excluding hydrogens is 248 g/mol. The van der Waals surface area contributed by atoms with E-state index in [9.17, 15) is 8.42 Å². The number of piperidine rings is 1. The highest BCUT2D eigenvalue weighted by atomic mass is 32.2. The van der Waals surface area contributed by atoms with Crippen molar-refractivity contribution >= 4 is 26.5 Å². The monoisotopic (exact) mass is 262 g/mol. The van der Waals surface area contributed by atoms with E-state index in [-0.39, 0.29) is 5.25 Å². The van der Waals surface area contributed by atoms with Crippen molar-refractivity contribution in [1.29, 1.82) is 0 Å². The molecule has 0 amide bonds. The average molecular weight is 262 g/mol. The molecule has 0 bridgehead atoms. The van der Waals surface area contributed by atoms with Crippen LogP contribution in [0.4, 0.5) is 5.13 Å². The van der Waals surface area contributed by atoms with Crippen molar-refractivity contribution in [3.63, 3.8) is 0 Å². The largest absolute Gasteiger partial charge is 0.315 e. The third-order valence-corrected chi connectivity index (χ3v) is 5.09. The van der Waals surface area contributed by atoms with E-state index < -0.39 is 10.0 Å². The molecule has 2 heterocycles. The van der Waals surface area contributed by atoms with Gasteiger partial charge in [0.1, 0.15) is 5.01 Å². The molecule has 2 rings (SSSR count). The third kappa shape index (κ3) is 2.69. The van der Waals surface area contributed by atoms with Crippen LogP contribution in [0.3, 0.4) is 0 Å². The first kappa shape index (κ1) is 11.7. The molecule has 0 saturated carbocycles. The molecule has 1 unspecified atom stereocenters. The number of sulfonamides is 1. The van der Waals surface area contributed by atoms with E-state index in [0.29, 0.717) is 18.1 Å². The fourth-order valence-corrected chi connectivity index (χ4v) is 3.85. The number of nitrogens with zero attached hydrogens (tertiary/aromatic N) is 2. The summed E-state index contributed by atoms with van der Waals surface area (Å²) < 4.78 is 26.4. The van der Waals surface area contributed by atoms with Gasteiger partial charge in [-0.25, -0.2) is 8.42 Å². The Morgan fingerprint density at radius 3 is 2.88 bits per heavy atom. The van der Waals surface area contributed by atoms with Gasteiger partial charge in [-0.15, -0.1) is 10.2 Å². The second-order valence-corrected chi connectivity index (χ2v) is 6.88. The summed E-state index contributed by atoms with van der Waals surface area (Å²) in [7, 11) is -3.33. The maximum atomic E-state index is 12.0. The molecule has 0 spiro atoms. The SMILES string of the molecule is Cc1nnc(NS(=O)(=O)C2CCCNC2)s1. The lowest BCUT2D eigenvalue weighted by Crippen LogP contribution is -2.41. The minimum absolute atomic E-state index is 0.350. The van der Waals surface area contributed by atoms with Gasteiger partial charge in [-0.3, -0.25) is 4.72 Å². The molecule has 0 aliphatic carbocycles. The summed E-state index contributed by atoms with van der Waals surface area (Å²) in [6.07, 6.45) is 1.58. The molecule has 1 aliphatic rings. The molecule has 1 aromatic heterocycles. The molecule has 1 aromatic rings. The quantitative estimate of drug-likeness (QED) is 0.820. The predicted molar refractivity (Wildman–Crippen MR) is 63.1 cm³/mol. The van der Waals surface area contributed by atoms with Gasteiger partial charge in [-0.2, -0.15) is 0 Å². The fourth-order valence-electron chi connectivity index (χ4n) is 1.63. The fraction of sp³-hybridized carbons (Fsp3) is 0.750. The molecule has 1 saturated heterocycles. The van der Waals surface area contributed by atoms with Crippen LogP contribution >= 0.6 is 11.3 Å². The lowest BCUT2D eigenvalue weighted by atomic mass is 10.2. The first-order valence-corrected chi connectivity index (χ1v) is 7.47. The molecular formula is C8H14N4O2S2. The van der Waals surface area contributed by atoms with E-state index in [0.717, 1.165) is 18.0 Å². The molecule has 90 valence electrons. The second kappa shape index (κ2) is 4.64. The van der Waals surface area contributed by atoms with Crippen molar-refractivity contribution in [3.05, 3.63) is 5.01 Å². The van der Waals surface area contributed by atoms with Crippen molar-refractivity contribution in [2.24, 2.45) is 0 Å². The van der Waals surface area contributed by atoms with Gasteiger partial charge in [0.05, 0.1) is 5.25 Å². The zero-order chi connectivity index (χ0) is 11.6. The van der Waals surface area contributed by atoms with E-state index in [2.05, 4.69) is 20.2 Å². The van der Waals surface area contributed by atoms with Crippen molar-refractivity contribution < 1.29 is 8.42 Å². The Balaban J connectivity index is 2.07. The van der Waals surface area contributed by atoms with Gasteiger partial charge in [0, 0.05) is 6.54 Å². The lowest BCUT2D eigenvalue weighted by Gasteiger charge is -2.22. The number of nitrogens with one attached hydrogen (secondary N) is 2. The number of hydrogen-bond donors (Lipinski definition) is 2. The summed E-state index contributed by atoms with van der Waals surface area (Å²) in [5.74, 6) is 0. The van der Waals surface area contributed by atoms with Crippen LogP contribution in [0.15, 0.2) is 0 Å². The topological polar surface area (TPSA) is 84.0 Å². The van der Waals surface area contributed by atoms with Gasteiger partial charge in [-0.1, -0.05) is 11.3 Å². The number of rotatable bonds is 3. The zero-order valence-electron chi connectivity index (χ0n) is 8.93. The van der Waals surface area contributed by atoms with Gasteiger partial charge >= 0.3 is 0 Å². The van der Waals surface area contributed by atoms with Gasteiger partial charge in [0.15, 0.2) is 0 Å². The van der Waals surface area contributed by atoms with Crippen LogP contribution in [0.5, 0.6) is 0 Å². The van der Waals surface area contributed by atoms with Gasteiger partial charge in [-0.05, 0) is 26.3 Å². The number of hydrogen-bond acceptors (Lipinski definition) is 6. The molecule has 6 nitrogen and oxygen atoms in total. The van der Waals surface area contributed by atoms with E-state index in [1.54, 1.807) is 6.92 Å². The van der Waals surface area contributed by atoms with Crippen LogP contribution in [0, 0.1) is 6.92 Å². The molecule has 1 atom stereocenters. The molecule has 16 heavy (non-hydrogen) atoms. The molecule has 1 aliphatic heterocycles. The van der Waals surface area contributed by atoms with Crippen LogP contribution in [0.25, 0.3) is 0 Å². The predicted octanol–water partition coefficient (Wildman–Crippen LogP) is 0.340. The van der Waals surface area contributed by atoms with Gasteiger partial charge < -0.3 is 5.32 Å². The Bertz CT molecular complexity index is 450. The van der Waals surface area contributed by atoms with Crippen molar-refractivity contribution in [2.45, 2.75) is 25.0 Å². The molecule has 8 heteroatoms. The third-order valence-electron chi connectivity index (χ3n) is 2.45. The average Bonchev–Trinajstić information content (AvgIpc) is 2.64. The maximum absolute atomic E-state index is 12.0. The van der Waals surface area contributed by atoms with Crippen molar-refractivity contribution in [1.82, 2.24) is 15.5 Å². The Morgan fingerprint density at radius 1 is 1.50 bits per heavy atom. The summed E-state index contributed by atoms with van der Waals surface area (Å²) in [6, 6.07) is 0. The summed E-state index contributed by atoms with van der Waals surface area (Å²) in [5, 5.41) is 11.3. The van der Waals surface area contributed by atoms with Crippen LogP contribution < -0.4 is 10.0 Å². The standard InChI is InChI=1S/C8H14N4O2S2/c1-6-10-11-8(15-6)12-16(13,14)7-3-2-4-9-5-7/h7,9H,2-5H2,1H3,(H,11,12). The van der Waals surface area contributed by atoms with E-state index in [1.165, 1.54) is 11.3 Å². The molecule has 0 aromatic carbocycles. The number of aromatic nitrogens is 2. The highest BCUT2D eigenvalue weighted by Gasteiger charge is 2.27. The number of anilines is 1. The molecule has 2 N–H and O–H groups in total. The molecule has 0 radical (unpaired) electrons. The zero-order valence-corrected chi connectivity index (χ0v) is 10.6. The Kier molecular flexibility index (Phi) is 3.41. The van der Waals surface area contributed by atoms with Gasteiger partial charge in [0.25, 0.3) is 0 Å². The minimum Gasteiger partial charge on any atom is -0.315 e. The lowest BCUT2D eigenvalue weighted by molar-refractivity contribution is 0.499. The van der Waals surface area contributed by atoms with Gasteiger partial charge in [0.2, 0.25) is 15.2 Å². The van der Waals surface area contributed by atoms with Crippen LogP contribution in [0.1, 0.15) is 17.8 Å². The van der Waals surface area contributed by atoms with Crippen LogP contribution in [0.2, 0.25) is 0 Å². The summed E-state index contributed by atoms with van der Waals surface area (Å²) in [4.78, 5) is 0. The normalized spacial score (nSPS) is 21.9. The van der Waals surface area contributed by atoms with Crippen molar-refractivity contribution in [2.75, 3.05) is 17.8 Å². The summed E-state index contributed by atoms with van der Waals surface area (Å²) >= 11 is 1.25. The Hall–Kier alpha value is -0.730. The van der Waals surface area contributed by atoms with Crippen molar-refractivity contribution in [3.8, 4) is 0 Å². The Labute approximate surface area is 98.5 Å². The first-order chi connectivity index (χ1) is 7.58. The van der Waals surface area contributed by atoms with E-state index >= 15 is 0 Å². The highest BCUT2D eigenvalue weighted by Crippen LogP contribution is 2.19. The second-order valence-electron chi connectivity index (χ2n) is 3.74. The van der Waals surface area contributed by atoms with Crippen LogP contribution in [-0.4, -0.2) is 37.0 Å².